The summed E-state index contributed by atoms with van der Waals surface area (Å²) in [7, 11) is 1.69. The van der Waals surface area contributed by atoms with Crippen LogP contribution in [-0.2, 0) is 19.8 Å². The molecule has 0 radical (unpaired) electrons. The summed E-state index contributed by atoms with van der Waals surface area (Å²) >= 11 is 0. The Hall–Kier alpha value is -3.94. The first-order valence-corrected chi connectivity index (χ1v) is 13.2. The largest absolute Gasteiger partial charge is 0.472 e. The van der Waals surface area contributed by atoms with Crippen LogP contribution in [0.3, 0.4) is 0 Å². The first kappa shape index (κ1) is 27.2. The standard InChI is InChI=1S/C27H28F5N7O2/c1-11-19(27(30,31)32)15(8-16(33)20(11)28)22-21(29)23(34-9-13-6-7-38(3)37-13)18-25(36-22)41-12(2)24-17-5-4-14(35-17)10-39(24)26(18)40/h6-8,12,14,17,24,35H,4-5,9-10,33H2,1-3H3,(H,34,36)/t12-,14+,17-,24+/m0/s1. The minimum atomic E-state index is -5.06. The topological polar surface area (TPSA) is 110 Å². The lowest BCUT2D eigenvalue weighted by molar-refractivity contribution is -0.137. The number of anilines is 2. The van der Waals surface area contributed by atoms with Gasteiger partial charge in [0.2, 0.25) is 5.88 Å². The number of nitrogens with one attached hydrogen (secondary N) is 2. The number of rotatable bonds is 4. The number of nitrogen functional groups attached to an aromatic ring is 1. The lowest BCUT2D eigenvalue weighted by Gasteiger charge is -2.41. The van der Waals surface area contributed by atoms with Crippen molar-refractivity contribution < 1.29 is 31.5 Å². The van der Waals surface area contributed by atoms with Crippen LogP contribution in [0, 0.1) is 18.6 Å². The van der Waals surface area contributed by atoms with Crippen molar-refractivity contribution in [1.82, 2.24) is 25.0 Å². The van der Waals surface area contributed by atoms with E-state index in [9.17, 15) is 22.4 Å². The third-order valence-corrected chi connectivity index (χ3v) is 8.10. The number of ether oxygens (including phenoxy) is 1. The molecule has 2 aromatic heterocycles. The number of fused-ring (bicyclic) bond motifs is 5. The van der Waals surface area contributed by atoms with E-state index < -0.39 is 63.9 Å². The quantitative estimate of drug-likeness (QED) is 0.318. The van der Waals surface area contributed by atoms with Crippen molar-refractivity contribution >= 4 is 17.3 Å². The Labute approximate surface area is 231 Å². The number of pyridine rings is 1. The van der Waals surface area contributed by atoms with Gasteiger partial charge in [-0.3, -0.25) is 9.48 Å². The van der Waals surface area contributed by atoms with Crippen molar-refractivity contribution in [3.8, 4) is 17.1 Å². The van der Waals surface area contributed by atoms with Crippen LogP contribution in [0.4, 0.5) is 33.3 Å². The van der Waals surface area contributed by atoms with Crippen molar-refractivity contribution in [2.45, 2.75) is 63.6 Å². The monoisotopic (exact) mass is 577 g/mol. The van der Waals surface area contributed by atoms with Gasteiger partial charge in [0.25, 0.3) is 5.91 Å². The molecule has 2 saturated heterocycles. The molecule has 14 heteroatoms. The lowest BCUT2D eigenvalue weighted by Crippen LogP contribution is -2.63. The van der Waals surface area contributed by atoms with Gasteiger partial charge < -0.3 is 26.0 Å². The first-order chi connectivity index (χ1) is 19.3. The van der Waals surface area contributed by atoms with E-state index in [4.69, 9.17) is 10.5 Å². The molecule has 0 spiro atoms. The summed E-state index contributed by atoms with van der Waals surface area (Å²) in [5, 5.41) is 10.6. The number of halogens is 5. The van der Waals surface area contributed by atoms with Gasteiger partial charge in [0.1, 0.15) is 23.2 Å². The number of hydrogen-bond donors (Lipinski definition) is 3. The van der Waals surface area contributed by atoms with Gasteiger partial charge in [-0.2, -0.15) is 18.3 Å². The van der Waals surface area contributed by atoms with Gasteiger partial charge in [-0.1, -0.05) is 0 Å². The van der Waals surface area contributed by atoms with Gasteiger partial charge in [-0.15, -0.1) is 0 Å². The minimum Gasteiger partial charge on any atom is -0.472 e. The van der Waals surface area contributed by atoms with Gasteiger partial charge in [0.15, 0.2) is 5.82 Å². The van der Waals surface area contributed by atoms with E-state index in [0.29, 0.717) is 18.3 Å². The second-order valence-corrected chi connectivity index (χ2v) is 10.8. The second kappa shape index (κ2) is 9.57. The van der Waals surface area contributed by atoms with Crippen molar-refractivity contribution in [2.75, 3.05) is 17.6 Å². The fourth-order valence-corrected chi connectivity index (χ4v) is 6.31. The Bertz CT molecular complexity index is 1560. The number of piperazine rings is 1. The molecule has 3 aliphatic rings. The van der Waals surface area contributed by atoms with Crippen LogP contribution >= 0.6 is 0 Å². The maximum Gasteiger partial charge on any atom is 0.417 e. The van der Waals surface area contributed by atoms with Crippen LogP contribution in [0.25, 0.3) is 11.3 Å². The maximum absolute atomic E-state index is 16.5. The molecule has 1 aromatic carbocycles. The predicted molar refractivity (Wildman–Crippen MR) is 139 cm³/mol. The summed E-state index contributed by atoms with van der Waals surface area (Å²) in [6.45, 7) is 2.97. The number of nitrogens with zero attached hydrogens (tertiary/aromatic N) is 4. The zero-order valence-corrected chi connectivity index (χ0v) is 22.4. The molecule has 5 heterocycles. The molecule has 0 unspecified atom stereocenters. The van der Waals surface area contributed by atoms with E-state index in [0.717, 1.165) is 19.8 Å². The normalized spacial score (nSPS) is 23.6. The van der Waals surface area contributed by atoms with Crippen LogP contribution in [0.1, 0.15) is 46.9 Å². The predicted octanol–water partition coefficient (Wildman–Crippen LogP) is 4.01. The zero-order chi connectivity index (χ0) is 29.4. The van der Waals surface area contributed by atoms with Gasteiger partial charge in [0, 0.05) is 37.4 Å². The van der Waals surface area contributed by atoms with Crippen molar-refractivity contribution in [1.29, 1.82) is 0 Å². The van der Waals surface area contributed by atoms with Crippen LogP contribution in [0.15, 0.2) is 18.3 Å². The van der Waals surface area contributed by atoms with Crippen LogP contribution in [0.2, 0.25) is 0 Å². The Kier molecular flexibility index (Phi) is 6.36. The Morgan fingerprint density at radius 1 is 1.24 bits per heavy atom. The molecule has 2 fully saturated rings. The van der Waals surface area contributed by atoms with Crippen LogP contribution in [0.5, 0.6) is 5.88 Å². The molecule has 3 aliphatic heterocycles. The second-order valence-electron chi connectivity index (χ2n) is 10.8. The van der Waals surface area contributed by atoms with E-state index in [1.165, 1.54) is 4.68 Å². The van der Waals surface area contributed by atoms with Crippen molar-refractivity contribution in [3.05, 3.63) is 52.3 Å². The highest BCUT2D eigenvalue weighted by atomic mass is 19.4. The molecule has 3 aromatic rings. The smallest absolute Gasteiger partial charge is 0.417 e. The van der Waals surface area contributed by atoms with E-state index in [1.807, 2.05) is 0 Å². The number of alkyl halides is 3. The number of hydrogen-bond acceptors (Lipinski definition) is 7. The summed E-state index contributed by atoms with van der Waals surface area (Å²) < 4.78 is 81.4. The Morgan fingerprint density at radius 2 is 2.00 bits per heavy atom. The fraction of sp³-hybridized carbons (Fsp3) is 0.444. The molecule has 4 N–H and O–H groups in total. The molecule has 1 amide bonds. The maximum atomic E-state index is 16.5. The van der Waals surface area contributed by atoms with E-state index >= 15 is 4.39 Å². The molecule has 0 saturated carbocycles. The molecular weight excluding hydrogens is 549 g/mol. The third kappa shape index (κ3) is 4.44. The van der Waals surface area contributed by atoms with Crippen molar-refractivity contribution in [3.63, 3.8) is 0 Å². The zero-order valence-electron chi connectivity index (χ0n) is 22.4. The third-order valence-electron chi connectivity index (χ3n) is 8.10. The molecule has 6 rings (SSSR count). The SMILES string of the molecule is Cc1c(F)c(N)cc(-c2nc3c(c(NCc4ccn(C)n4)c2F)C(=O)N2C[C@H]4CC[C@H](N4)[C@H]2[C@H](C)O3)c1C(F)(F)F. The Morgan fingerprint density at radius 3 is 2.68 bits per heavy atom. The van der Waals surface area contributed by atoms with Crippen molar-refractivity contribution in [2.24, 2.45) is 7.05 Å². The van der Waals surface area contributed by atoms with Crippen LogP contribution in [-0.4, -0.2) is 56.3 Å². The molecule has 218 valence electrons. The summed E-state index contributed by atoms with van der Waals surface area (Å²) in [6.07, 6.45) is -2.33. The van der Waals surface area contributed by atoms with Gasteiger partial charge >= 0.3 is 6.18 Å². The average molecular weight is 578 g/mol. The summed E-state index contributed by atoms with van der Waals surface area (Å²) in [5.41, 5.74) is 1.24. The lowest BCUT2D eigenvalue weighted by atomic mass is 9.95. The molecular formula is C27H28F5N7O2. The number of nitrogens with two attached hydrogens (primary N) is 1. The van der Waals surface area contributed by atoms with E-state index in [1.54, 1.807) is 31.1 Å². The highest BCUT2D eigenvalue weighted by Gasteiger charge is 2.49. The van der Waals surface area contributed by atoms with Gasteiger partial charge in [0.05, 0.1) is 35.2 Å². The highest BCUT2D eigenvalue weighted by Crippen LogP contribution is 2.46. The molecule has 41 heavy (non-hydrogen) atoms. The summed E-state index contributed by atoms with van der Waals surface area (Å²) in [5.74, 6) is -3.34. The highest BCUT2D eigenvalue weighted by molar-refractivity contribution is 6.03. The Balaban J connectivity index is 1.57. The number of aromatic nitrogens is 3. The number of carbonyl (C=O) groups is 1. The molecule has 9 nitrogen and oxygen atoms in total. The summed E-state index contributed by atoms with van der Waals surface area (Å²) in [6, 6.07) is 1.98. The molecule has 2 bridgehead atoms. The molecule has 0 aliphatic carbocycles. The number of amides is 1. The van der Waals surface area contributed by atoms with Gasteiger partial charge in [-0.05, 0) is 44.4 Å². The van der Waals surface area contributed by atoms with E-state index in [-0.39, 0.29) is 35.8 Å². The average Bonchev–Trinajstić information content (AvgIpc) is 3.47. The number of aryl methyl sites for hydroxylation is 1. The van der Waals surface area contributed by atoms with Gasteiger partial charge in [-0.25, -0.2) is 13.8 Å². The van der Waals surface area contributed by atoms with E-state index in [2.05, 4.69) is 20.7 Å². The number of benzene rings is 1. The fourth-order valence-electron chi connectivity index (χ4n) is 6.31. The summed E-state index contributed by atoms with van der Waals surface area (Å²) in [4.78, 5) is 19.9. The first-order valence-electron chi connectivity index (χ1n) is 13.2. The molecule has 4 atom stereocenters. The van der Waals surface area contributed by atoms with Crippen LogP contribution < -0.4 is 21.1 Å². The minimum absolute atomic E-state index is 0.0521. The number of carbonyl (C=O) groups excluding carboxylic acids is 1.